The normalized spacial score (nSPS) is 32.8. The molecule has 13 heavy (non-hydrogen) atoms. The lowest BCUT2D eigenvalue weighted by Gasteiger charge is -2.33. The molecule has 2 heterocycles. The molecule has 2 aliphatic heterocycles. The zero-order valence-corrected chi connectivity index (χ0v) is 8.14. The second-order valence-electron chi connectivity index (χ2n) is 3.55. The van der Waals surface area contributed by atoms with E-state index in [0.717, 1.165) is 17.9 Å². The van der Waals surface area contributed by atoms with Crippen molar-refractivity contribution in [2.75, 3.05) is 18.1 Å². The van der Waals surface area contributed by atoms with E-state index in [1.807, 2.05) is 11.8 Å². The Morgan fingerprint density at radius 1 is 1.69 bits per heavy atom. The van der Waals surface area contributed by atoms with Crippen molar-refractivity contribution >= 4 is 17.7 Å². The number of allylic oxidation sites excluding steroid dienone is 1. The number of hydrogen-bond donors (Lipinski definition) is 2. The number of thioether (sulfide) groups is 1. The summed E-state index contributed by atoms with van der Waals surface area (Å²) < 4.78 is 0. The zero-order chi connectivity index (χ0) is 9.26. The van der Waals surface area contributed by atoms with Gasteiger partial charge in [0.2, 0.25) is 0 Å². The standard InChI is InChI=1S/C9H13NO2S/c11-9(12)6-3-7-5-13-2-1-8(7)10-4-6/h1,6-7,10H,2-5H2,(H,11,12). The first-order chi connectivity index (χ1) is 6.27. The van der Waals surface area contributed by atoms with Gasteiger partial charge in [-0.1, -0.05) is 6.08 Å². The van der Waals surface area contributed by atoms with E-state index in [1.165, 1.54) is 5.70 Å². The smallest absolute Gasteiger partial charge is 0.308 e. The summed E-state index contributed by atoms with van der Waals surface area (Å²) in [6.07, 6.45) is 3.00. The minimum absolute atomic E-state index is 0.194. The first-order valence-corrected chi connectivity index (χ1v) is 5.67. The molecular formula is C9H13NO2S. The van der Waals surface area contributed by atoms with Gasteiger partial charge >= 0.3 is 5.97 Å². The van der Waals surface area contributed by atoms with Gasteiger partial charge in [-0.3, -0.25) is 4.79 Å². The fourth-order valence-electron chi connectivity index (χ4n) is 1.88. The Bertz CT molecular complexity index is 252. The van der Waals surface area contributed by atoms with Crippen molar-refractivity contribution in [2.24, 2.45) is 11.8 Å². The van der Waals surface area contributed by atoms with Crippen molar-refractivity contribution in [3.63, 3.8) is 0 Å². The molecule has 1 fully saturated rings. The molecule has 0 radical (unpaired) electrons. The number of fused-ring (bicyclic) bond motifs is 1. The molecule has 2 atom stereocenters. The molecular weight excluding hydrogens is 186 g/mol. The Kier molecular flexibility index (Phi) is 2.49. The predicted molar refractivity (Wildman–Crippen MR) is 52.6 cm³/mol. The lowest BCUT2D eigenvalue weighted by atomic mass is 9.89. The third-order valence-electron chi connectivity index (χ3n) is 2.65. The van der Waals surface area contributed by atoms with Gasteiger partial charge in [0.15, 0.2) is 0 Å². The molecule has 3 nitrogen and oxygen atoms in total. The Hall–Kier alpha value is -0.640. The fraction of sp³-hybridized carbons (Fsp3) is 0.667. The highest BCUT2D eigenvalue weighted by molar-refractivity contribution is 7.99. The summed E-state index contributed by atoms with van der Waals surface area (Å²) >= 11 is 1.89. The van der Waals surface area contributed by atoms with Crippen LogP contribution in [0.4, 0.5) is 0 Å². The minimum Gasteiger partial charge on any atom is -0.481 e. The van der Waals surface area contributed by atoms with Crippen LogP contribution in [-0.2, 0) is 4.79 Å². The molecule has 72 valence electrons. The Morgan fingerprint density at radius 3 is 3.31 bits per heavy atom. The molecule has 4 heteroatoms. The predicted octanol–water partition coefficient (Wildman–Crippen LogP) is 0.927. The van der Waals surface area contributed by atoms with Crippen molar-refractivity contribution in [2.45, 2.75) is 6.42 Å². The number of carboxylic acid groups (broad SMARTS) is 1. The van der Waals surface area contributed by atoms with Crippen LogP contribution in [0.25, 0.3) is 0 Å². The maximum absolute atomic E-state index is 10.8. The van der Waals surface area contributed by atoms with E-state index in [2.05, 4.69) is 11.4 Å². The topological polar surface area (TPSA) is 49.3 Å². The third-order valence-corrected chi connectivity index (χ3v) is 3.69. The number of aliphatic carboxylic acids is 1. The van der Waals surface area contributed by atoms with Crippen LogP contribution in [0, 0.1) is 11.8 Å². The molecule has 2 rings (SSSR count). The van der Waals surface area contributed by atoms with Gasteiger partial charge in [0.25, 0.3) is 0 Å². The summed E-state index contributed by atoms with van der Waals surface area (Å²) in [4.78, 5) is 10.8. The molecule has 0 amide bonds. The fourth-order valence-corrected chi connectivity index (χ4v) is 2.92. The number of carbonyl (C=O) groups is 1. The summed E-state index contributed by atoms with van der Waals surface area (Å²) in [6.45, 7) is 0.600. The number of rotatable bonds is 1. The van der Waals surface area contributed by atoms with Gasteiger partial charge in [-0.25, -0.2) is 0 Å². The van der Waals surface area contributed by atoms with Crippen LogP contribution in [0.15, 0.2) is 11.8 Å². The molecule has 2 unspecified atom stereocenters. The molecule has 1 saturated heterocycles. The zero-order valence-electron chi connectivity index (χ0n) is 7.32. The van der Waals surface area contributed by atoms with Gasteiger partial charge in [-0.05, 0) is 6.42 Å². The molecule has 0 bridgehead atoms. The summed E-state index contributed by atoms with van der Waals surface area (Å²) in [5, 5.41) is 12.1. The van der Waals surface area contributed by atoms with Crippen LogP contribution in [-0.4, -0.2) is 29.1 Å². The van der Waals surface area contributed by atoms with Crippen molar-refractivity contribution in [1.82, 2.24) is 5.32 Å². The van der Waals surface area contributed by atoms with Gasteiger partial charge in [-0.2, -0.15) is 11.8 Å². The van der Waals surface area contributed by atoms with Gasteiger partial charge in [0.05, 0.1) is 5.92 Å². The monoisotopic (exact) mass is 199 g/mol. The quantitative estimate of drug-likeness (QED) is 0.659. The maximum Gasteiger partial charge on any atom is 0.308 e. The van der Waals surface area contributed by atoms with Crippen LogP contribution in [0.1, 0.15) is 6.42 Å². The number of nitrogens with one attached hydrogen (secondary N) is 1. The Morgan fingerprint density at radius 2 is 2.54 bits per heavy atom. The lowest BCUT2D eigenvalue weighted by Crippen LogP contribution is -2.40. The van der Waals surface area contributed by atoms with Crippen molar-refractivity contribution in [1.29, 1.82) is 0 Å². The highest BCUT2D eigenvalue weighted by Crippen LogP contribution is 2.30. The number of piperidine rings is 1. The SMILES string of the molecule is O=C(O)C1CNC2=CCSCC2C1. The first-order valence-electron chi connectivity index (χ1n) is 4.52. The van der Waals surface area contributed by atoms with Crippen LogP contribution < -0.4 is 5.32 Å². The minimum atomic E-state index is -0.665. The molecule has 2 aliphatic rings. The van der Waals surface area contributed by atoms with E-state index >= 15 is 0 Å². The molecule has 0 spiro atoms. The second-order valence-corrected chi connectivity index (χ2v) is 4.62. The lowest BCUT2D eigenvalue weighted by molar-refractivity contribution is -0.142. The van der Waals surface area contributed by atoms with Crippen LogP contribution in [0.2, 0.25) is 0 Å². The van der Waals surface area contributed by atoms with E-state index in [9.17, 15) is 4.79 Å². The molecule has 0 aliphatic carbocycles. The first kappa shape index (κ1) is 8.94. The average molecular weight is 199 g/mol. The highest BCUT2D eigenvalue weighted by Gasteiger charge is 2.30. The van der Waals surface area contributed by atoms with Crippen molar-refractivity contribution in [3.05, 3.63) is 11.8 Å². The van der Waals surface area contributed by atoms with E-state index in [1.54, 1.807) is 0 Å². The maximum atomic E-state index is 10.8. The second kappa shape index (κ2) is 3.62. The number of carboxylic acids is 1. The Labute approximate surface area is 81.6 Å². The molecule has 2 N–H and O–H groups in total. The van der Waals surface area contributed by atoms with Crippen molar-refractivity contribution < 1.29 is 9.90 Å². The largest absolute Gasteiger partial charge is 0.481 e. The van der Waals surface area contributed by atoms with Gasteiger partial charge in [-0.15, -0.1) is 0 Å². The molecule has 0 aromatic rings. The third kappa shape index (κ3) is 1.82. The van der Waals surface area contributed by atoms with Gasteiger partial charge in [0.1, 0.15) is 0 Å². The summed E-state index contributed by atoms with van der Waals surface area (Å²) in [5.41, 5.74) is 1.27. The van der Waals surface area contributed by atoms with Gasteiger partial charge < -0.3 is 10.4 Å². The molecule has 0 aromatic heterocycles. The van der Waals surface area contributed by atoms with Gasteiger partial charge in [0, 0.05) is 29.7 Å². The summed E-state index contributed by atoms with van der Waals surface area (Å²) in [5.74, 6) is 1.73. The Balaban J connectivity index is 2.04. The summed E-state index contributed by atoms with van der Waals surface area (Å²) in [7, 11) is 0. The van der Waals surface area contributed by atoms with E-state index < -0.39 is 5.97 Å². The van der Waals surface area contributed by atoms with Crippen LogP contribution >= 0.6 is 11.8 Å². The number of hydrogen-bond acceptors (Lipinski definition) is 3. The van der Waals surface area contributed by atoms with Crippen LogP contribution in [0.3, 0.4) is 0 Å². The molecule has 0 saturated carbocycles. The van der Waals surface area contributed by atoms with E-state index in [0.29, 0.717) is 12.5 Å². The van der Waals surface area contributed by atoms with E-state index in [-0.39, 0.29) is 5.92 Å². The molecule has 0 aromatic carbocycles. The van der Waals surface area contributed by atoms with Crippen molar-refractivity contribution in [3.8, 4) is 0 Å². The van der Waals surface area contributed by atoms with E-state index in [4.69, 9.17) is 5.11 Å². The summed E-state index contributed by atoms with van der Waals surface area (Å²) in [6, 6.07) is 0. The van der Waals surface area contributed by atoms with Crippen LogP contribution in [0.5, 0.6) is 0 Å². The average Bonchev–Trinajstić information content (AvgIpc) is 2.17. The highest BCUT2D eigenvalue weighted by atomic mass is 32.2.